The van der Waals surface area contributed by atoms with E-state index in [1.807, 2.05) is 13.8 Å². The van der Waals surface area contributed by atoms with Crippen molar-refractivity contribution in [2.24, 2.45) is 0 Å². The van der Waals surface area contributed by atoms with Crippen LogP contribution in [0, 0.1) is 0 Å². The summed E-state index contributed by atoms with van der Waals surface area (Å²) in [7, 11) is 1.52. The van der Waals surface area contributed by atoms with E-state index in [2.05, 4.69) is 29.2 Å². The fourth-order valence-corrected chi connectivity index (χ4v) is 3.25. The number of carbonyl (C=O) groups excluding carboxylic acids is 1. The van der Waals surface area contributed by atoms with Gasteiger partial charge in [-0.3, -0.25) is 9.69 Å². The predicted molar refractivity (Wildman–Crippen MR) is 94.8 cm³/mol. The third-order valence-electron chi connectivity index (χ3n) is 4.80. The topological polar surface area (TPSA) is 53.0 Å². The molecule has 0 radical (unpaired) electrons. The van der Waals surface area contributed by atoms with Crippen LogP contribution in [0.2, 0.25) is 0 Å². The summed E-state index contributed by atoms with van der Waals surface area (Å²) in [4.78, 5) is 16.2. The van der Waals surface area contributed by atoms with E-state index in [4.69, 9.17) is 4.74 Å². The number of aliphatic hydroxyl groups excluding tert-OH is 1. The summed E-state index contributed by atoms with van der Waals surface area (Å²) in [6.45, 7) is 6.88. The van der Waals surface area contributed by atoms with Crippen LogP contribution in [0.1, 0.15) is 31.4 Å². The summed E-state index contributed by atoms with van der Waals surface area (Å²) in [6, 6.07) is 8.57. The third-order valence-corrected chi connectivity index (χ3v) is 4.80. The van der Waals surface area contributed by atoms with Gasteiger partial charge in [-0.1, -0.05) is 31.2 Å². The Hall–Kier alpha value is -1.43. The Bertz CT molecular complexity index is 535. The molecule has 1 amide bonds. The zero-order chi connectivity index (χ0) is 17.5. The number of methoxy groups -OCH3 is 1. The first-order chi connectivity index (χ1) is 11.5. The summed E-state index contributed by atoms with van der Waals surface area (Å²) >= 11 is 0. The van der Waals surface area contributed by atoms with Crippen LogP contribution in [0.4, 0.5) is 0 Å². The number of benzene rings is 1. The quantitative estimate of drug-likeness (QED) is 0.786. The molecule has 0 fully saturated rings. The standard InChI is InChI=1S/C19H30N2O3/c1-4-15(2)21(19(23)14-24-3)13-18(22)12-20-10-9-16-7-5-6-8-17(16)11-20/h5-8,15,18,22H,4,9-14H2,1-3H3. The number of hydrogen-bond donors (Lipinski definition) is 1. The summed E-state index contributed by atoms with van der Waals surface area (Å²) in [5.74, 6) is -0.0603. The normalized spacial score (nSPS) is 17.2. The molecule has 5 nitrogen and oxygen atoms in total. The first-order valence-electron chi connectivity index (χ1n) is 8.80. The second-order valence-corrected chi connectivity index (χ2v) is 6.64. The molecule has 2 rings (SSSR count). The van der Waals surface area contributed by atoms with Crippen LogP contribution in [0.3, 0.4) is 0 Å². The van der Waals surface area contributed by atoms with Crippen LogP contribution in [0.15, 0.2) is 24.3 Å². The molecule has 0 saturated heterocycles. The molecule has 2 atom stereocenters. The Kier molecular flexibility index (Phi) is 7.21. The van der Waals surface area contributed by atoms with Crippen molar-refractivity contribution < 1.29 is 14.6 Å². The van der Waals surface area contributed by atoms with Gasteiger partial charge < -0.3 is 14.7 Å². The molecule has 0 saturated carbocycles. The second kappa shape index (κ2) is 9.16. The lowest BCUT2D eigenvalue weighted by molar-refractivity contribution is -0.139. The van der Waals surface area contributed by atoms with Gasteiger partial charge in [0.05, 0.1) is 6.10 Å². The maximum absolute atomic E-state index is 12.2. The molecule has 1 aromatic rings. The number of ether oxygens (including phenoxy) is 1. The lowest BCUT2D eigenvalue weighted by Crippen LogP contribution is -2.48. The lowest BCUT2D eigenvalue weighted by atomic mass is 10.00. The Morgan fingerprint density at radius 2 is 2.08 bits per heavy atom. The molecule has 0 aliphatic carbocycles. The summed E-state index contributed by atoms with van der Waals surface area (Å²) in [5, 5.41) is 10.5. The van der Waals surface area contributed by atoms with Crippen LogP contribution < -0.4 is 0 Å². The highest BCUT2D eigenvalue weighted by Crippen LogP contribution is 2.18. The smallest absolute Gasteiger partial charge is 0.248 e. The Morgan fingerprint density at radius 1 is 1.38 bits per heavy atom. The van der Waals surface area contributed by atoms with Gasteiger partial charge in [0, 0.05) is 39.3 Å². The number of carbonyl (C=O) groups is 1. The number of fused-ring (bicyclic) bond motifs is 1. The molecule has 5 heteroatoms. The molecule has 1 aromatic carbocycles. The molecule has 0 aromatic heterocycles. The van der Waals surface area contributed by atoms with Crippen molar-refractivity contribution in [3.05, 3.63) is 35.4 Å². The van der Waals surface area contributed by atoms with Crippen LogP contribution in [-0.4, -0.2) is 66.3 Å². The molecule has 2 unspecified atom stereocenters. The molecule has 1 N–H and O–H groups in total. The van der Waals surface area contributed by atoms with E-state index in [0.29, 0.717) is 13.1 Å². The van der Waals surface area contributed by atoms with E-state index < -0.39 is 6.10 Å². The molecular weight excluding hydrogens is 304 g/mol. The van der Waals surface area contributed by atoms with Crippen molar-refractivity contribution >= 4 is 5.91 Å². The van der Waals surface area contributed by atoms with Crippen molar-refractivity contribution in [3.8, 4) is 0 Å². The molecule has 0 bridgehead atoms. The van der Waals surface area contributed by atoms with E-state index >= 15 is 0 Å². The van der Waals surface area contributed by atoms with Gasteiger partial charge in [0.1, 0.15) is 6.61 Å². The van der Waals surface area contributed by atoms with Gasteiger partial charge in [0.25, 0.3) is 0 Å². The summed E-state index contributed by atoms with van der Waals surface area (Å²) in [6.07, 6.45) is 1.32. The average Bonchev–Trinajstić information content (AvgIpc) is 2.59. The summed E-state index contributed by atoms with van der Waals surface area (Å²) < 4.78 is 4.97. The molecule has 134 valence electrons. The number of β-amino-alcohol motifs (C(OH)–C–C–N with tert-alkyl or cyclic N) is 1. The van der Waals surface area contributed by atoms with E-state index in [9.17, 15) is 9.90 Å². The van der Waals surface area contributed by atoms with E-state index in [1.165, 1.54) is 18.2 Å². The first kappa shape index (κ1) is 18.9. The van der Waals surface area contributed by atoms with Gasteiger partial charge in [0.2, 0.25) is 5.91 Å². The predicted octanol–water partition coefficient (Wildman–Crippen LogP) is 1.68. The summed E-state index contributed by atoms with van der Waals surface area (Å²) in [5.41, 5.74) is 2.74. The number of rotatable bonds is 8. The number of aliphatic hydroxyl groups is 1. The van der Waals surface area contributed by atoms with Crippen LogP contribution in [0.25, 0.3) is 0 Å². The Labute approximate surface area is 145 Å². The third kappa shape index (κ3) is 5.03. The van der Waals surface area contributed by atoms with Gasteiger partial charge in [-0.05, 0) is 30.9 Å². The number of amides is 1. The van der Waals surface area contributed by atoms with Gasteiger partial charge >= 0.3 is 0 Å². The van der Waals surface area contributed by atoms with Crippen LogP contribution >= 0.6 is 0 Å². The minimum atomic E-state index is -0.551. The van der Waals surface area contributed by atoms with Crippen molar-refractivity contribution in [1.82, 2.24) is 9.80 Å². The fourth-order valence-electron chi connectivity index (χ4n) is 3.25. The van der Waals surface area contributed by atoms with Gasteiger partial charge in [-0.15, -0.1) is 0 Å². The Morgan fingerprint density at radius 3 is 2.75 bits per heavy atom. The fraction of sp³-hybridized carbons (Fsp3) is 0.632. The SMILES string of the molecule is CCC(C)N(CC(O)CN1CCc2ccccc2C1)C(=O)COC. The van der Waals surface area contributed by atoms with Gasteiger partial charge in [-0.2, -0.15) is 0 Å². The van der Waals surface area contributed by atoms with Crippen LogP contribution in [-0.2, 0) is 22.5 Å². The van der Waals surface area contributed by atoms with Gasteiger partial charge in [-0.25, -0.2) is 0 Å². The number of nitrogens with zero attached hydrogens (tertiary/aromatic N) is 2. The largest absolute Gasteiger partial charge is 0.390 e. The molecule has 24 heavy (non-hydrogen) atoms. The van der Waals surface area contributed by atoms with Crippen molar-refractivity contribution in [3.63, 3.8) is 0 Å². The van der Waals surface area contributed by atoms with Gasteiger partial charge in [0.15, 0.2) is 0 Å². The van der Waals surface area contributed by atoms with E-state index in [1.54, 1.807) is 4.90 Å². The van der Waals surface area contributed by atoms with Crippen molar-refractivity contribution in [2.75, 3.05) is 33.4 Å². The highest BCUT2D eigenvalue weighted by molar-refractivity contribution is 5.77. The number of hydrogen-bond acceptors (Lipinski definition) is 4. The lowest BCUT2D eigenvalue weighted by Gasteiger charge is -2.34. The molecular formula is C19H30N2O3. The highest BCUT2D eigenvalue weighted by Gasteiger charge is 2.24. The minimum absolute atomic E-state index is 0.0603. The molecule has 0 spiro atoms. The Balaban J connectivity index is 1.91. The van der Waals surface area contributed by atoms with E-state index in [-0.39, 0.29) is 18.6 Å². The van der Waals surface area contributed by atoms with Crippen molar-refractivity contribution in [2.45, 2.75) is 45.4 Å². The molecule has 1 heterocycles. The molecule has 1 aliphatic rings. The maximum atomic E-state index is 12.2. The van der Waals surface area contributed by atoms with E-state index in [0.717, 1.165) is 25.9 Å². The molecule has 1 aliphatic heterocycles. The second-order valence-electron chi connectivity index (χ2n) is 6.64. The minimum Gasteiger partial charge on any atom is -0.390 e. The zero-order valence-electron chi connectivity index (χ0n) is 15.1. The van der Waals surface area contributed by atoms with Crippen LogP contribution in [0.5, 0.6) is 0 Å². The average molecular weight is 334 g/mol. The first-order valence-corrected chi connectivity index (χ1v) is 8.80. The highest BCUT2D eigenvalue weighted by atomic mass is 16.5. The van der Waals surface area contributed by atoms with Crippen molar-refractivity contribution in [1.29, 1.82) is 0 Å². The monoisotopic (exact) mass is 334 g/mol. The maximum Gasteiger partial charge on any atom is 0.248 e. The zero-order valence-corrected chi connectivity index (χ0v) is 15.1.